The van der Waals surface area contributed by atoms with Crippen molar-refractivity contribution < 1.29 is 9.47 Å². The zero-order valence-electron chi connectivity index (χ0n) is 10.3. The Balaban J connectivity index is 0. The van der Waals surface area contributed by atoms with Crippen LogP contribution in [0.4, 0.5) is 0 Å². The first-order valence-electron chi connectivity index (χ1n) is 5.52. The quantitative estimate of drug-likeness (QED) is 0.571. The Kier molecular flexibility index (Phi) is 13.4. The molecule has 0 radical (unpaired) electrons. The van der Waals surface area contributed by atoms with Gasteiger partial charge >= 0.3 is 23.1 Å². The van der Waals surface area contributed by atoms with Crippen LogP contribution in [-0.4, -0.2) is 48.5 Å². The molecule has 2 heterocycles. The number of halogens is 1. The maximum atomic E-state index is 5.56. The second-order valence-electron chi connectivity index (χ2n) is 4.00. The minimum Gasteiger partial charge on any atom is -0.410 e. The van der Waals surface area contributed by atoms with Gasteiger partial charge in [0.25, 0.3) is 0 Å². The molecule has 2 nitrogen and oxygen atoms in total. The molecule has 92 valence electrons. The maximum Gasteiger partial charge on any atom is 2.00 e. The van der Waals surface area contributed by atoms with Gasteiger partial charge in [-0.1, -0.05) is 18.9 Å². The standard InChI is InChI=1S/C11H19O2.CH3.ClH.Mg/c1(4-10-6-2-8-12-10)5-11-7-3-9-13-11;;;/h4,10-11H,1-3,5-9H2;1H3;1H;/q2*-1;;+2. The van der Waals surface area contributed by atoms with Crippen molar-refractivity contribution >= 4 is 35.5 Å². The first-order chi connectivity index (χ1) is 6.45. The molecule has 2 rings (SSSR count). The molecule has 16 heavy (non-hydrogen) atoms. The van der Waals surface area contributed by atoms with Crippen molar-refractivity contribution in [1.82, 2.24) is 0 Å². The normalized spacial score (nSPS) is 27.8. The van der Waals surface area contributed by atoms with Crippen molar-refractivity contribution in [3.63, 3.8) is 0 Å². The Hall–Kier alpha value is 0.976. The third-order valence-electron chi connectivity index (χ3n) is 2.91. The first kappa shape index (κ1) is 19.3. The molecule has 0 bridgehead atoms. The minimum atomic E-state index is 0. The summed E-state index contributed by atoms with van der Waals surface area (Å²) in [5.41, 5.74) is 0. The molecule has 2 unspecified atom stereocenters. The summed E-state index contributed by atoms with van der Waals surface area (Å²) in [4.78, 5) is 0. The smallest absolute Gasteiger partial charge is 0.410 e. The van der Waals surface area contributed by atoms with Gasteiger partial charge in [0.2, 0.25) is 0 Å². The Morgan fingerprint density at radius 1 is 1.06 bits per heavy atom. The Morgan fingerprint density at radius 2 is 1.75 bits per heavy atom. The zero-order chi connectivity index (χ0) is 8.93. The van der Waals surface area contributed by atoms with Gasteiger partial charge in [-0.2, -0.15) is 6.42 Å². The monoisotopic (exact) mass is 258 g/mol. The summed E-state index contributed by atoms with van der Waals surface area (Å²) in [6, 6.07) is 0. The van der Waals surface area contributed by atoms with Gasteiger partial charge in [-0.3, -0.25) is 0 Å². The van der Waals surface area contributed by atoms with Crippen LogP contribution in [0.3, 0.4) is 0 Å². The van der Waals surface area contributed by atoms with Crippen molar-refractivity contribution in [2.75, 3.05) is 13.2 Å². The Bertz CT molecular complexity index is 130. The average Bonchev–Trinajstić information content (AvgIpc) is 2.75. The third kappa shape index (κ3) is 6.65. The van der Waals surface area contributed by atoms with Gasteiger partial charge in [-0.25, -0.2) is 0 Å². The summed E-state index contributed by atoms with van der Waals surface area (Å²) in [5, 5.41) is 0. The van der Waals surface area contributed by atoms with Crippen LogP contribution in [-0.2, 0) is 9.47 Å². The predicted octanol–water partition coefficient (Wildman–Crippen LogP) is 2.82. The van der Waals surface area contributed by atoms with Crippen molar-refractivity contribution in [3.8, 4) is 0 Å². The third-order valence-corrected chi connectivity index (χ3v) is 2.91. The number of hydrogen-bond donors (Lipinski definition) is 0. The topological polar surface area (TPSA) is 18.5 Å². The molecule has 2 fully saturated rings. The van der Waals surface area contributed by atoms with Crippen LogP contribution in [0.2, 0.25) is 0 Å². The van der Waals surface area contributed by atoms with Gasteiger partial charge in [0.05, 0.1) is 6.10 Å². The molecule has 0 amide bonds. The second-order valence-corrected chi connectivity index (χ2v) is 4.00. The molecule has 2 aliphatic rings. The van der Waals surface area contributed by atoms with E-state index in [2.05, 4.69) is 6.42 Å². The zero-order valence-corrected chi connectivity index (χ0v) is 12.6. The van der Waals surface area contributed by atoms with Crippen molar-refractivity contribution in [1.29, 1.82) is 0 Å². The van der Waals surface area contributed by atoms with Crippen LogP contribution in [0.25, 0.3) is 0 Å². The van der Waals surface area contributed by atoms with E-state index in [0.29, 0.717) is 12.2 Å². The van der Waals surface area contributed by atoms with E-state index in [0.717, 1.165) is 19.6 Å². The summed E-state index contributed by atoms with van der Waals surface area (Å²) in [7, 11) is 0. The van der Waals surface area contributed by atoms with E-state index in [-0.39, 0.29) is 42.9 Å². The summed E-state index contributed by atoms with van der Waals surface area (Å²) < 4.78 is 11.1. The maximum absolute atomic E-state index is 5.56. The molecule has 0 aromatic carbocycles. The van der Waals surface area contributed by atoms with E-state index in [1.54, 1.807) is 0 Å². The number of hydrogen-bond acceptors (Lipinski definition) is 2. The molecular weight excluding hydrogens is 236 g/mol. The van der Waals surface area contributed by atoms with Crippen molar-refractivity contribution in [2.45, 2.75) is 50.7 Å². The SMILES string of the molecule is Cl.[CH-](CCC1CCCO1)C1CCCO1.[CH3-].[Mg+2]. The van der Waals surface area contributed by atoms with Crippen LogP contribution < -0.4 is 0 Å². The summed E-state index contributed by atoms with van der Waals surface area (Å²) in [6.45, 7) is 1.94. The van der Waals surface area contributed by atoms with E-state index < -0.39 is 0 Å². The van der Waals surface area contributed by atoms with E-state index in [4.69, 9.17) is 9.47 Å². The van der Waals surface area contributed by atoms with E-state index in [9.17, 15) is 0 Å². The molecule has 0 aromatic rings. The van der Waals surface area contributed by atoms with Gasteiger partial charge in [0.1, 0.15) is 0 Å². The molecule has 2 atom stereocenters. The van der Waals surface area contributed by atoms with Crippen molar-refractivity contribution in [3.05, 3.63) is 13.8 Å². The van der Waals surface area contributed by atoms with Gasteiger partial charge in [0.15, 0.2) is 0 Å². The Morgan fingerprint density at radius 3 is 2.31 bits per heavy atom. The molecule has 2 saturated heterocycles. The number of ether oxygens (including phenoxy) is 2. The van der Waals surface area contributed by atoms with E-state index in [1.807, 2.05) is 0 Å². The summed E-state index contributed by atoms with van der Waals surface area (Å²) in [6.07, 6.45) is 10.7. The van der Waals surface area contributed by atoms with Gasteiger partial charge in [-0.15, -0.1) is 12.4 Å². The van der Waals surface area contributed by atoms with Crippen LogP contribution in [0.15, 0.2) is 0 Å². The van der Waals surface area contributed by atoms with E-state index >= 15 is 0 Å². The molecule has 0 aliphatic carbocycles. The molecular formula is C12H23ClMgO2. The second kappa shape index (κ2) is 11.1. The first-order valence-corrected chi connectivity index (χ1v) is 5.52. The molecule has 0 N–H and O–H groups in total. The van der Waals surface area contributed by atoms with Gasteiger partial charge in [0, 0.05) is 13.2 Å². The molecule has 0 spiro atoms. The van der Waals surface area contributed by atoms with Crippen LogP contribution in [0.1, 0.15) is 38.5 Å². The summed E-state index contributed by atoms with van der Waals surface area (Å²) >= 11 is 0. The molecule has 2 aliphatic heterocycles. The van der Waals surface area contributed by atoms with Crippen LogP contribution >= 0.6 is 12.4 Å². The fourth-order valence-electron chi connectivity index (χ4n) is 2.13. The molecule has 0 aromatic heterocycles. The fraction of sp³-hybridized carbons (Fsp3) is 0.833. The van der Waals surface area contributed by atoms with Crippen molar-refractivity contribution in [2.24, 2.45) is 0 Å². The van der Waals surface area contributed by atoms with Gasteiger partial charge < -0.3 is 23.3 Å². The number of rotatable bonds is 4. The fourth-order valence-corrected chi connectivity index (χ4v) is 2.13. The van der Waals surface area contributed by atoms with Crippen LogP contribution in [0, 0.1) is 13.8 Å². The van der Waals surface area contributed by atoms with Crippen LogP contribution in [0.5, 0.6) is 0 Å². The molecule has 4 heteroatoms. The predicted molar refractivity (Wildman–Crippen MR) is 70.9 cm³/mol. The minimum absolute atomic E-state index is 0. The average molecular weight is 259 g/mol. The Labute approximate surface area is 122 Å². The van der Waals surface area contributed by atoms with Gasteiger partial charge in [-0.05, 0) is 19.3 Å². The van der Waals surface area contributed by atoms with E-state index in [1.165, 1.54) is 32.1 Å². The summed E-state index contributed by atoms with van der Waals surface area (Å²) in [5.74, 6) is 0. The largest absolute Gasteiger partial charge is 2.00 e. The molecule has 0 saturated carbocycles.